The van der Waals surface area contributed by atoms with Gasteiger partial charge in [0.2, 0.25) is 0 Å². The molecule has 140 valence electrons. The minimum atomic E-state index is -0.0327. The zero-order valence-electron chi connectivity index (χ0n) is 16.3. The van der Waals surface area contributed by atoms with Crippen LogP contribution in [0.1, 0.15) is 35.1 Å². The lowest BCUT2D eigenvalue weighted by Crippen LogP contribution is -2.46. The number of ether oxygens (including phenoxy) is 1. The van der Waals surface area contributed by atoms with Crippen molar-refractivity contribution >= 4 is 0 Å². The van der Waals surface area contributed by atoms with Crippen LogP contribution in [0.15, 0.2) is 42.5 Å². The summed E-state index contributed by atoms with van der Waals surface area (Å²) >= 11 is 0. The summed E-state index contributed by atoms with van der Waals surface area (Å²) in [6.07, 6.45) is 3.18. The molecule has 0 radical (unpaired) electrons. The Balaban J connectivity index is 1.74. The summed E-state index contributed by atoms with van der Waals surface area (Å²) in [5.41, 5.74) is 5.18. The van der Waals surface area contributed by atoms with Crippen LogP contribution in [-0.4, -0.2) is 36.8 Å². The van der Waals surface area contributed by atoms with E-state index in [-0.39, 0.29) is 12.0 Å². The van der Waals surface area contributed by atoms with Crippen molar-refractivity contribution in [1.82, 2.24) is 4.90 Å². The van der Waals surface area contributed by atoms with Crippen molar-refractivity contribution in [3.8, 4) is 5.75 Å². The SMILES string of the molecule is COc1ccc(CN2CCC[C@](CO)(Cc3ccccc3)C2)c(C)c1C. The van der Waals surface area contributed by atoms with Crippen LogP contribution in [0.3, 0.4) is 0 Å². The Morgan fingerprint density at radius 1 is 1.08 bits per heavy atom. The van der Waals surface area contributed by atoms with Gasteiger partial charge in [0.1, 0.15) is 5.75 Å². The molecule has 1 atom stereocenters. The number of benzene rings is 2. The Morgan fingerprint density at radius 3 is 2.54 bits per heavy atom. The number of rotatable bonds is 6. The molecule has 1 heterocycles. The first-order valence-corrected chi connectivity index (χ1v) is 9.57. The minimum absolute atomic E-state index is 0.0327. The normalized spacial score (nSPS) is 20.9. The third-order valence-corrected chi connectivity index (χ3v) is 5.96. The largest absolute Gasteiger partial charge is 0.496 e. The lowest BCUT2D eigenvalue weighted by molar-refractivity contribution is 0.0288. The summed E-state index contributed by atoms with van der Waals surface area (Å²) in [6.45, 7) is 7.54. The van der Waals surface area contributed by atoms with Crippen molar-refractivity contribution in [1.29, 1.82) is 0 Å². The first-order chi connectivity index (χ1) is 12.6. The lowest BCUT2D eigenvalue weighted by atomic mass is 9.75. The van der Waals surface area contributed by atoms with Crippen LogP contribution in [0.5, 0.6) is 5.75 Å². The molecule has 1 aliphatic rings. The maximum absolute atomic E-state index is 10.2. The van der Waals surface area contributed by atoms with Crippen molar-refractivity contribution in [3.63, 3.8) is 0 Å². The quantitative estimate of drug-likeness (QED) is 0.847. The van der Waals surface area contributed by atoms with Gasteiger partial charge in [0.15, 0.2) is 0 Å². The molecule has 1 N–H and O–H groups in total. The van der Waals surface area contributed by atoms with Gasteiger partial charge in [-0.2, -0.15) is 0 Å². The van der Waals surface area contributed by atoms with Gasteiger partial charge in [-0.3, -0.25) is 4.90 Å². The molecule has 3 heteroatoms. The molecule has 3 nitrogen and oxygen atoms in total. The zero-order valence-corrected chi connectivity index (χ0v) is 16.3. The summed E-state index contributed by atoms with van der Waals surface area (Å²) in [5, 5.41) is 10.2. The molecule has 0 bridgehead atoms. The monoisotopic (exact) mass is 353 g/mol. The van der Waals surface area contributed by atoms with Gasteiger partial charge in [-0.1, -0.05) is 36.4 Å². The molecule has 2 aromatic carbocycles. The van der Waals surface area contributed by atoms with Gasteiger partial charge in [0.05, 0.1) is 13.7 Å². The van der Waals surface area contributed by atoms with Crippen molar-refractivity contribution in [2.45, 2.75) is 39.7 Å². The van der Waals surface area contributed by atoms with Crippen LogP contribution in [-0.2, 0) is 13.0 Å². The molecule has 0 aliphatic carbocycles. The summed E-state index contributed by atoms with van der Waals surface area (Å²) in [6, 6.07) is 14.8. The van der Waals surface area contributed by atoms with Crippen molar-refractivity contribution in [3.05, 3.63) is 64.7 Å². The second-order valence-electron chi connectivity index (χ2n) is 7.81. The highest BCUT2D eigenvalue weighted by Crippen LogP contribution is 2.34. The van der Waals surface area contributed by atoms with Crippen molar-refractivity contribution in [2.24, 2.45) is 5.41 Å². The van der Waals surface area contributed by atoms with E-state index in [2.05, 4.69) is 61.2 Å². The van der Waals surface area contributed by atoms with Gasteiger partial charge < -0.3 is 9.84 Å². The molecule has 0 unspecified atom stereocenters. The topological polar surface area (TPSA) is 32.7 Å². The van der Waals surface area contributed by atoms with Crippen LogP contribution >= 0.6 is 0 Å². The maximum atomic E-state index is 10.2. The van der Waals surface area contributed by atoms with E-state index in [4.69, 9.17) is 4.74 Å². The first-order valence-electron chi connectivity index (χ1n) is 9.57. The van der Waals surface area contributed by atoms with E-state index in [1.165, 1.54) is 22.3 Å². The average Bonchev–Trinajstić information content (AvgIpc) is 2.67. The highest BCUT2D eigenvalue weighted by Gasteiger charge is 2.35. The molecule has 1 aliphatic heterocycles. The van der Waals surface area contributed by atoms with Crippen LogP contribution in [0.2, 0.25) is 0 Å². The number of hydrogen-bond acceptors (Lipinski definition) is 3. The van der Waals surface area contributed by atoms with E-state index in [1.54, 1.807) is 7.11 Å². The van der Waals surface area contributed by atoms with Gasteiger partial charge >= 0.3 is 0 Å². The van der Waals surface area contributed by atoms with Gasteiger partial charge in [-0.25, -0.2) is 0 Å². The van der Waals surface area contributed by atoms with E-state index in [9.17, 15) is 5.11 Å². The second kappa shape index (κ2) is 8.24. The fraction of sp³-hybridized carbons (Fsp3) is 0.478. The number of methoxy groups -OCH3 is 1. The van der Waals surface area contributed by atoms with Crippen LogP contribution in [0.25, 0.3) is 0 Å². The van der Waals surface area contributed by atoms with E-state index in [1.807, 2.05) is 0 Å². The fourth-order valence-corrected chi connectivity index (χ4v) is 4.29. The smallest absolute Gasteiger partial charge is 0.122 e. The number of likely N-dealkylation sites (tertiary alicyclic amines) is 1. The number of aliphatic hydroxyl groups excluding tert-OH is 1. The Labute approximate surface area is 157 Å². The minimum Gasteiger partial charge on any atom is -0.496 e. The second-order valence-corrected chi connectivity index (χ2v) is 7.81. The molecule has 1 saturated heterocycles. The fourth-order valence-electron chi connectivity index (χ4n) is 4.29. The predicted molar refractivity (Wildman–Crippen MR) is 107 cm³/mol. The van der Waals surface area contributed by atoms with E-state index >= 15 is 0 Å². The van der Waals surface area contributed by atoms with Crippen molar-refractivity contribution < 1.29 is 9.84 Å². The highest BCUT2D eigenvalue weighted by molar-refractivity contribution is 5.43. The average molecular weight is 354 g/mol. The Kier molecular flexibility index (Phi) is 6.00. The van der Waals surface area contributed by atoms with Gasteiger partial charge in [0, 0.05) is 18.5 Å². The Hall–Kier alpha value is -1.84. The van der Waals surface area contributed by atoms with E-state index in [0.29, 0.717) is 0 Å². The van der Waals surface area contributed by atoms with E-state index < -0.39 is 0 Å². The van der Waals surface area contributed by atoms with Gasteiger partial charge in [-0.15, -0.1) is 0 Å². The maximum Gasteiger partial charge on any atom is 0.122 e. The summed E-state index contributed by atoms with van der Waals surface area (Å²) in [7, 11) is 1.73. The number of aliphatic hydroxyl groups is 1. The van der Waals surface area contributed by atoms with Crippen molar-refractivity contribution in [2.75, 3.05) is 26.8 Å². The van der Waals surface area contributed by atoms with E-state index in [0.717, 1.165) is 44.6 Å². The summed E-state index contributed by atoms with van der Waals surface area (Å²) in [5.74, 6) is 0.957. The molecule has 1 fully saturated rings. The van der Waals surface area contributed by atoms with Gasteiger partial charge in [0.25, 0.3) is 0 Å². The lowest BCUT2D eigenvalue weighted by Gasteiger charge is -2.42. The summed E-state index contributed by atoms with van der Waals surface area (Å²) in [4.78, 5) is 2.51. The molecule has 3 rings (SSSR count). The zero-order chi connectivity index (χ0) is 18.6. The van der Waals surface area contributed by atoms with Crippen LogP contribution in [0.4, 0.5) is 0 Å². The van der Waals surface area contributed by atoms with Crippen LogP contribution < -0.4 is 4.74 Å². The van der Waals surface area contributed by atoms with Gasteiger partial charge in [-0.05, 0) is 68.0 Å². The number of hydrogen-bond donors (Lipinski definition) is 1. The molecule has 0 aromatic heterocycles. The Morgan fingerprint density at radius 2 is 1.85 bits per heavy atom. The molecule has 26 heavy (non-hydrogen) atoms. The number of nitrogens with zero attached hydrogens (tertiary/aromatic N) is 1. The predicted octanol–water partition coefficient (Wildman–Crippen LogP) is 4.13. The molecular weight excluding hydrogens is 322 g/mol. The Bertz CT molecular complexity index is 728. The third-order valence-electron chi connectivity index (χ3n) is 5.96. The first kappa shape index (κ1) is 18.9. The standard InChI is InChI=1S/C23H31NO2/c1-18-19(2)22(26-3)11-10-21(18)15-24-13-7-12-23(16-24,17-25)14-20-8-5-4-6-9-20/h4-6,8-11,25H,7,12-17H2,1-3H3/t23-/m0/s1. The molecule has 0 amide bonds. The highest BCUT2D eigenvalue weighted by atomic mass is 16.5. The molecular formula is C23H31NO2. The number of piperidine rings is 1. The van der Waals surface area contributed by atoms with Crippen LogP contribution in [0, 0.1) is 19.3 Å². The third kappa shape index (κ3) is 4.11. The summed E-state index contributed by atoms with van der Waals surface area (Å²) < 4.78 is 5.44. The molecule has 0 spiro atoms. The molecule has 2 aromatic rings. The molecule has 0 saturated carbocycles.